The van der Waals surface area contributed by atoms with E-state index in [1.54, 1.807) is 0 Å². The number of hydrogen-bond acceptors (Lipinski definition) is 6. The van der Waals surface area contributed by atoms with E-state index in [9.17, 15) is 0 Å². The van der Waals surface area contributed by atoms with Gasteiger partial charge in [-0.3, -0.25) is 0 Å². The van der Waals surface area contributed by atoms with Crippen LogP contribution in [0.4, 0.5) is 0 Å². The first-order chi connectivity index (χ1) is 5.91. The van der Waals surface area contributed by atoms with Gasteiger partial charge >= 0.3 is 0 Å². The highest BCUT2D eigenvalue weighted by atomic mass is 32.3. The molecule has 0 aromatic rings. The zero-order valence-electron chi connectivity index (χ0n) is 6.77. The third-order valence-electron chi connectivity index (χ3n) is 0.827. The Morgan fingerprint density at radius 3 is 1.92 bits per heavy atom. The molecule has 0 radical (unpaired) electrons. The lowest BCUT2D eigenvalue weighted by Crippen LogP contribution is -1.81. The summed E-state index contributed by atoms with van der Waals surface area (Å²) in [6.07, 6.45) is 0. The zero-order chi connectivity index (χ0) is 9.07. The molecule has 0 fully saturated rings. The summed E-state index contributed by atoms with van der Waals surface area (Å²) in [5, 5.41) is 4.53. The molecule has 0 unspecified atom stereocenters. The van der Waals surface area contributed by atoms with E-state index >= 15 is 0 Å². The minimum absolute atomic E-state index is 0.937. The molecule has 0 aromatic carbocycles. The van der Waals surface area contributed by atoms with Crippen LogP contribution in [0.3, 0.4) is 0 Å². The fourth-order valence-electron chi connectivity index (χ4n) is 0.406. The normalized spacial score (nSPS) is 10.5. The van der Waals surface area contributed by atoms with Crippen LogP contribution in [0.25, 0.3) is 0 Å². The Labute approximate surface area is 103 Å². The van der Waals surface area contributed by atoms with Gasteiger partial charge in [0.25, 0.3) is 0 Å². The lowest BCUT2D eigenvalue weighted by atomic mass is 11.0. The van der Waals surface area contributed by atoms with Crippen LogP contribution in [0.5, 0.6) is 0 Å². The van der Waals surface area contributed by atoms with Gasteiger partial charge in [0.05, 0.1) is 0 Å². The van der Waals surface area contributed by atoms with Crippen molar-refractivity contribution in [3.05, 3.63) is 0 Å². The van der Waals surface area contributed by atoms with Crippen molar-refractivity contribution in [1.82, 2.24) is 0 Å². The van der Waals surface area contributed by atoms with Gasteiger partial charge in [0.1, 0.15) is 0 Å². The van der Waals surface area contributed by atoms with Crippen molar-refractivity contribution in [2.45, 2.75) is 0 Å². The smallest absolute Gasteiger partial charge is 0.0408 e. The predicted octanol–water partition coefficient (Wildman–Crippen LogP) is 3.61. The Kier molecular flexibility index (Phi) is 15.4. The van der Waals surface area contributed by atoms with Crippen molar-refractivity contribution in [3.8, 4) is 0 Å². The Hall–Kier alpha value is 2.10. The number of thioether (sulfide) groups is 4. The molecule has 12 heavy (non-hydrogen) atoms. The van der Waals surface area contributed by atoms with E-state index in [0.717, 1.165) is 10.8 Å². The van der Waals surface area contributed by atoms with Crippen LogP contribution in [-0.2, 0) is 0 Å². The Morgan fingerprint density at radius 2 is 1.33 bits per heavy atom. The number of rotatable bonds is 9. The van der Waals surface area contributed by atoms with Gasteiger partial charge in [-0.05, 0) is 5.75 Å². The Balaban J connectivity index is 2.73. The van der Waals surface area contributed by atoms with E-state index in [-0.39, 0.29) is 0 Å². The number of thiol groups is 2. The molecular weight excluding hydrogens is 264 g/mol. The fraction of sp³-hybridized carbons (Fsp3) is 1.00. The van der Waals surface area contributed by atoms with Crippen molar-refractivity contribution in [2.75, 3.05) is 31.8 Å². The van der Waals surface area contributed by atoms with Gasteiger partial charge in [-0.25, -0.2) is 0 Å². The lowest BCUT2D eigenvalue weighted by molar-refractivity contribution is 1.57. The minimum atomic E-state index is 0.937. The summed E-state index contributed by atoms with van der Waals surface area (Å²) in [5.74, 6) is 2.17. The number of hydrogen-bond donors (Lipinski definition) is 2. The van der Waals surface area contributed by atoms with Gasteiger partial charge in [0.2, 0.25) is 0 Å². The molecule has 0 atom stereocenters. The maximum absolute atomic E-state index is 4.14. The van der Waals surface area contributed by atoms with E-state index in [1.807, 2.05) is 47.0 Å². The van der Waals surface area contributed by atoms with E-state index < -0.39 is 0 Å². The summed E-state index contributed by atoms with van der Waals surface area (Å²) in [6, 6.07) is 0. The van der Waals surface area contributed by atoms with E-state index in [2.05, 4.69) is 25.3 Å². The highest BCUT2D eigenvalue weighted by molar-refractivity contribution is 8.27. The van der Waals surface area contributed by atoms with Gasteiger partial charge < -0.3 is 0 Å². The van der Waals surface area contributed by atoms with Gasteiger partial charge in [0.15, 0.2) is 0 Å². The summed E-state index contributed by atoms with van der Waals surface area (Å²) in [6.45, 7) is 0. The van der Waals surface area contributed by atoms with Crippen LogP contribution < -0.4 is 0 Å². The highest BCUT2D eigenvalue weighted by Gasteiger charge is 1.90. The third kappa shape index (κ3) is 12.1. The van der Waals surface area contributed by atoms with Crippen LogP contribution in [0, 0.1) is 0 Å². The zero-order valence-corrected chi connectivity index (χ0v) is 11.8. The second-order valence-electron chi connectivity index (χ2n) is 1.73. The van der Waals surface area contributed by atoms with Crippen molar-refractivity contribution < 1.29 is 0 Å². The quantitative estimate of drug-likeness (QED) is 0.375. The molecule has 0 spiro atoms. The molecule has 0 aliphatic heterocycles. The van der Waals surface area contributed by atoms with E-state index in [0.29, 0.717) is 0 Å². The first-order valence-electron chi connectivity index (χ1n) is 3.44. The molecule has 0 nitrogen and oxygen atoms in total. The standard InChI is InChI=1S/C6H14S6/c7-1-2-9-4-11-6-12-5-10-3-8/h7-8H,1-6H2. The minimum Gasteiger partial charge on any atom is -0.179 e. The molecule has 6 heteroatoms. The molecule has 0 N–H and O–H groups in total. The SMILES string of the molecule is SCCSCSCSCSCS. The lowest BCUT2D eigenvalue weighted by Gasteiger charge is -1.99. The van der Waals surface area contributed by atoms with Gasteiger partial charge in [-0.1, -0.05) is 0 Å². The Bertz CT molecular complexity index is 68.4. The Morgan fingerprint density at radius 1 is 0.750 bits per heavy atom. The molecule has 0 saturated heterocycles. The first kappa shape index (κ1) is 14.1. The first-order valence-corrected chi connectivity index (χ1v) is 9.33. The van der Waals surface area contributed by atoms with Crippen LogP contribution in [0.1, 0.15) is 0 Å². The molecule has 0 amide bonds. The summed E-state index contributed by atoms with van der Waals surface area (Å²) in [4.78, 5) is 0. The second kappa shape index (κ2) is 13.1. The van der Waals surface area contributed by atoms with Crippen molar-refractivity contribution in [1.29, 1.82) is 0 Å². The maximum atomic E-state index is 4.14. The van der Waals surface area contributed by atoms with Crippen LogP contribution >= 0.6 is 72.3 Å². The average Bonchev–Trinajstić information content (AvgIpc) is 2.10. The van der Waals surface area contributed by atoms with Crippen LogP contribution in [0.2, 0.25) is 0 Å². The molecule has 74 valence electrons. The molecule has 0 aromatic heterocycles. The average molecular weight is 279 g/mol. The molecule has 0 saturated carbocycles. The molecule has 0 rings (SSSR count). The predicted molar refractivity (Wildman–Crippen MR) is 77.5 cm³/mol. The molecule has 0 bridgehead atoms. The highest BCUT2D eigenvalue weighted by Crippen LogP contribution is 2.21. The van der Waals surface area contributed by atoms with Gasteiger partial charge in [0, 0.05) is 26.1 Å². The maximum Gasteiger partial charge on any atom is 0.0408 e. The van der Waals surface area contributed by atoms with Crippen molar-refractivity contribution in [3.63, 3.8) is 0 Å². The molecule has 0 aliphatic carbocycles. The largest absolute Gasteiger partial charge is 0.179 e. The summed E-state index contributed by atoms with van der Waals surface area (Å²) in [5.41, 5.74) is 0. The van der Waals surface area contributed by atoms with Crippen molar-refractivity contribution in [2.24, 2.45) is 0 Å². The molecule has 0 heterocycles. The summed E-state index contributed by atoms with van der Waals surface area (Å²) < 4.78 is 0. The monoisotopic (exact) mass is 278 g/mol. The fourth-order valence-corrected chi connectivity index (χ4v) is 5.55. The van der Waals surface area contributed by atoms with Gasteiger partial charge in [-0.15, -0.1) is 35.3 Å². The van der Waals surface area contributed by atoms with Crippen LogP contribution in [0.15, 0.2) is 0 Å². The van der Waals surface area contributed by atoms with Crippen molar-refractivity contribution >= 4 is 72.3 Å². The van der Waals surface area contributed by atoms with E-state index in [4.69, 9.17) is 0 Å². The third-order valence-corrected chi connectivity index (χ3v) is 6.58. The topological polar surface area (TPSA) is 0 Å². The second-order valence-corrected chi connectivity index (χ2v) is 8.08. The molecular formula is C6H14S6. The summed E-state index contributed by atoms with van der Waals surface area (Å²) >= 11 is 16.1. The molecule has 0 aliphatic rings. The van der Waals surface area contributed by atoms with Gasteiger partial charge in [-0.2, -0.15) is 37.0 Å². The van der Waals surface area contributed by atoms with Crippen LogP contribution in [-0.4, -0.2) is 31.8 Å². The van der Waals surface area contributed by atoms with E-state index in [1.165, 1.54) is 21.0 Å². The summed E-state index contributed by atoms with van der Waals surface area (Å²) in [7, 11) is 0.